The summed E-state index contributed by atoms with van der Waals surface area (Å²) < 4.78 is 0. The van der Waals surface area contributed by atoms with Gasteiger partial charge >= 0.3 is 0 Å². The van der Waals surface area contributed by atoms with E-state index in [1.165, 1.54) is 122 Å². The summed E-state index contributed by atoms with van der Waals surface area (Å²) in [6.07, 6.45) is 36.2. The van der Waals surface area contributed by atoms with Gasteiger partial charge in [0.15, 0.2) is 0 Å². The van der Waals surface area contributed by atoms with Crippen molar-refractivity contribution < 1.29 is 5.11 Å². The quantitative estimate of drug-likeness (QED) is 0.134. The van der Waals surface area contributed by atoms with Crippen molar-refractivity contribution in [3.8, 4) is 0 Å². The standard InChI is InChI=1S/C41H72O/c1-7-8-9-10-11-12-13-14-15-16-17-18-27-41(42)30-29-39(5)34(31-41)22-23-35-37-25-24-36(33(4)21-19-20-32(2)3)40(37,6)28-26-38(35)39/h10-11,22,32-33,35-38,42H,7-9,12-21,23-31H2,1-6H3/t33-,35+,36-,37+,38+,39+,40-,41?/m1/s1. The maximum Gasteiger partial charge on any atom is 0.0685 e. The molecule has 0 radical (unpaired) electrons. The van der Waals surface area contributed by atoms with Crippen molar-refractivity contribution in [3.63, 3.8) is 0 Å². The molecule has 0 saturated heterocycles. The van der Waals surface area contributed by atoms with Crippen LogP contribution in [0.4, 0.5) is 0 Å². The van der Waals surface area contributed by atoms with Gasteiger partial charge in [0.25, 0.3) is 0 Å². The minimum atomic E-state index is -0.436. The minimum absolute atomic E-state index is 0.350. The summed E-state index contributed by atoms with van der Waals surface area (Å²) in [4.78, 5) is 0. The van der Waals surface area contributed by atoms with Gasteiger partial charge in [-0.1, -0.05) is 130 Å². The predicted octanol–water partition coefficient (Wildman–Crippen LogP) is 12.6. The van der Waals surface area contributed by atoms with Gasteiger partial charge in [-0.2, -0.15) is 0 Å². The van der Waals surface area contributed by atoms with E-state index in [0.29, 0.717) is 10.8 Å². The number of allylic oxidation sites excluding steroid dienone is 3. The Kier molecular flexibility index (Phi) is 12.8. The molecule has 0 aromatic rings. The van der Waals surface area contributed by atoms with Crippen molar-refractivity contribution >= 4 is 0 Å². The van der Waals surface area contributed by atoms with Crippen LogP contribution in [0.15, 0.2) is 23.8 Å². The Morgan fingerprint density at radius 2 is 1.52 bits per heavy atom. The first-order valence-corrected chi connectivity index (χ1v) is 19.2. The first kappa shape index (κ1) is 34.3. The van der Waals surface area contributed by atoms with Gasteiger partial charge in [-0.3, -0.25) is 0 Å². The van der Waals surface area contributed by atoms with E-state index in [2.05, 4.69) is 59.8 Å². The lowest BCUT2D eigenvalue weighted by molar-refractivity contribution is -0.0771. The SMILES string of the molecule is CCCCC=CCCCCCCCCC1(O)CC[C@@]2(C)C(=CC[C@H]3[C@@H]4CC[C@H]([C@H](C)CCCC(C)C)[C@@]4(C)CC[C@@H]32)C1. The van der Waals surface area contributed by atoms with E-state index < -0.39 is 5.60 Å². The maximum absolute atomic E-state index is 11.7. The zero-order valence-electron chi connectivity index (χ0n) is 29.2. The Bertz CT molecular complexity index is 868. The molecule has 42 heavy (non-hydrogen) atoms. The monoisotopic (exact) mass is 581 g/mol. The molecule has 0 bridgehead atoms. The predicted molar refractivity (Wildman–Crippen MR) is 184 cm³/mol. The fourth-order valence-corrected chi connectivity index (χ4v) is 10.9. The lowest BCUT2D eigenvalue weighted by Gasteiger charge is -2.59. The van der Waals surface area contributed by atoms with Gasteiger partial charge in [-0.25, -0.2) is 0 Å². The normalized spacial score (nSPS) is 37.0. The molecule has 0 spiro atoms. The van der Waals surface area contributed by atoms with Crippen LogP contribution < -0.4 is 0 Å². The van der Waals surface area contributed by atoms with Crippen LogP contribution in [0, 0.1) is 46.3 Å². The van der Waals surface area contributed by atoms with Crippen molar-refractivity contribution in [2.24, 2.45) is 46.3 Å². The Morgan fingerprint density at radius 1 is 0.810 bits per heavy atom. The highest BCUT2D eigenvalue weighted by Gasteiger charge is 2.59. The van der Waals surface area contributed by atoms with E-state index in [1.807, 2.05) is 0 Å². The molecule has 1 unspecified atom stereocenters. The Morgan fingerprint density at radius 3 is 2.26 bits per heavy atom. The van der Waals surface area contributed by atoms with E-state index >= 15 is 0 Å². The van der Waals surface area contributed by atoms with Crippen LogP contribution in [0.25, 0.3) is 0 Å². The molecule has 0 aliphatic heterocycles. The summed E-state index contributed by atoms with van der Waals surface area (Å²) in [6, 6.07) is 0. The smallest absolute Gasteiger partial charge is 0.0685 e. The van der Waals surface area contributed by atoms with Gasteiger partial charge in [0.1, 0.15) is 0 Å². The third-order valence-corrected chi connectivity index (χ3v) is 13.6. The van der Waals surface area contributed by atoms with Crippen molar-refractivity contribution in [3.05, 3.63) is 23.8 Å². The summed E-state index contributed by atoms with van der Waals surface area (Å²) in [7, 11) is 0. The molecular weight excluding hydrogens is 508 g/mol. The van der Waals surface area contributed by atoms with Crippen LogP contribution in [-0.2, 0) is 0 Å². The van der Waals surface area contributed by atoms with Gasteiger partial charge in [-0.05, 0) is 123 Å². The molecule has 3 saturated carbocycles. The van der Waals surface area contributed by atoms with Crippen molar-refractivity contribution in [2.45, 2.75) is 188 Å². The van der Waals surface area contributed by atoms with E-state index in [-0.39, 0.29) is 0 Å². The average Bonchev–Trinajstić information content (AvgIpc) is 3.31. The lowest BCUT2D eigenvalue weighted by Crippen LogP contribution is -2.52. The summed E-state index contributed by atoms with van der Waals surface area (Å²) in [5.41, 5.74) is 2.14. The van der Waals surface area contributed by atoms with Crippen LogP contribution in [0.2, 0.25) is 0 Å². The molecular formula is C41H72O. The zero-order chi connectivity index (χ0) is 30.2. The second kappa shape index (κ2) is 15.6. The van der Waals surface area contributed by atoms with Crippen LogP contribution in [0.3, 0.4) is 0 Å². The Hall–Kier alpha value is -0.560. The number of unbranched alkanes of at least 4 members (excludes halogenated alkanes) is 8. The molecule has 0 aromatic heterocycles. The van der Waals surface area contributed by atoms with Crippen molar-refractivity contribution in [2.75, 3.05) is 0 Å². The second-order valence-electron chi connectivity index (χ2n) is 17.0. The van der Waals surface area contributed by atoms with E-state index in [0.717, 1.165) is 54.8 Å². The topological polar surface area (TPSA) is 20.2 Å². The summed E-state index contributed by atoms with van der Waals surface area (Å²) in [5.74, 6) is 5.36. The molecule has 4 aliphatic rings. The van der Waals surface area contributed by atoms with Gasteiger partial charge in [0.05, 0.1) is 5.60 Å². The molecule has 3 fully saturated rings. The van der Waals surface area contributed by atoms with E-state index in [9.17, 15) is 5.11 Å². The van der Waals surface area contributed by atoms with Gasteiger partial charge in [-0.15, -0.1) is 0 Å². The molecule has 8 atom stereocenters. The average molecular weight is 581 g/mol. The molecule has 4 rings (SSSR count). The summed E-state index contributed by atoms with van der Waals surface area (Å²) >= 11 is 0. The van der Waals surface area contributed by atoms with Gasteiger partial charge in [0.2, 0.25) is 0 Å². The Labute approximate surface area is 263 Å². The molecule has 1 heteroatoms. The van der Waals surface area contributed by atoms with Crippen molar-refractivity contribution in [1.29, 1.82) is 0 Å². The van der Waals surface area contributed by atoms with Crippen molar-refractivity contribution in [1.82, 2.24) is 0 Å². The van der Waals surface area contributed by atoms with Crippen LogP contribution in [-0.4, -0.2) is 10.7 Å². The van der Waals surface area contributed by atoms with Gasteiger partial charge < -0.3 is 5.11 Å². The minimum Gasteiger partial charge on any atom is -0.390 e. The first-order chi connectivity index (χ1) is 20.1. The molecule has 0 aromatic carbocycles. The highest BCUT2D eigenvalue weighted by atomic mass is 16.3. The fraction of sp³-hybridized carbons (Fsp3) is 0.902. The number of rotatable bonds is 17. The number of hydrogen-bond acceptors (Lipinski definition) is 1. The third kappa shape index (κ3) is 8.17. The van der Waals surface area contributed by atoms with Crippen LogP contribution in [0.5, 0.6) is 0 Å². The molecule has 242 valence electrons. The highest BCUT2D eigenvalue weighted by Crippen LogP contribution is 2.68. The highest BCUT2D eigenvalue weighted by molar-refractivity contribution is 5.27. The first-order valence-electron chi connectivity index (χ1n) is 19.2. The van der Waals surface area contributed by atoms with Crippen LogP contribution >= 0.6 is 0 Å². The number of aliphatic hydroxyl groups is 1. The molecule has 4 aliphatic carbocycles. The maximum atomic E-state index is 11.7. The third-order valence-electron chi connectivity index (χ3n) is 13.6. The molecule has 0 amide bonds. The van der Waals surface area contributed by atoms with E-state index in [1.54, 1.807) is 5.57 Å². The summed E-state index contributed by atoms with van der Waals surface area (Å²) in [6.45, 7) is 15.0. The molecule has 1 nitrogen and oxygen atoms in total. The van der Waals surface area contributed by atoms with E-state index in [4.69, 9.17) is 0 Å². The zero-order valence-corrected chi connectivity index (χ0v) is 29.2. The second-order valence-corrected chi connectivity index (χ2v) is 17.0. The van der Waals surface area contributed by atoms with Gasteiger partial charge in [0, 0.05) is 0 Å². The van der Waals surface area contributed by atoms with Crippen LogP contribution in [0.1, 0.15) is 183 Å². The largest absolute Gasteiger partial charge is 0.390 e. The number of fused-ring (bicyclic) bond motifs is 5. The lowest BCUT2D eigenvalue weighted by atomic mass is 9.46. The fourth-order valence-electron chi connectivity index (χ4n) is 10.9. The molecule has 1 N–H and O–H groups in total. The Balaban J connectivity index is 1.23. The summed E-state index contributed by atoms with van der Waals surface area (Å²) in [5, 5.41) is 11.7. The number of hydrogen-bond donors (Lipinski definition) is 1. The molecule has 0 heterocycles.